The number of rotatable bonds is 3. The largest absolute Gasteiger partial charge is 0.383 e. The molecule has 6 nitrogen and oxygen atoms in total. The molecule has 0 unspecified atom stereocenters. The molecule has 0 saturated carbocycles. The molecule has 7 heteroatoms. The standard InChI is InChI=1S/C24H18N6S/c25-23-22-15-12-19(14-6-2-1-3-7-14)30(18(15)11-10-17(22)28-24(26)29-23)13-21-27-16-8-4-5-9-20(16)31-21/h1-12H,13H2,(H4,25,26,28,29). The van der Waals surface area contributed by atoms with Crippen LogP contribution in [-0.2, 0) is 6.54 Å². The fourth-order valence-electron chi connectivity index (χ4n) is 4.15. The molecule has 0 aliphatic carbocycles. The number of nitrogens with two attached hydrogens (primary N) is 2. The summed E-state index contributed by atoms with van der Waals surface area (Å²) < 4.78 is 3.48. The Labute approximate surface area is 181 Å². The number of hydrogen-bond donors (Lipinski definition) is 2. The topological polar surface area (TPSA) is 95.6 Å². The number of para-hydroxylation sites is 1. The number of nitrogen functional groups attached to an aromatic ring is 2. The molecule has 31 heavy (non-hydrogen) atoms. The molecule has 0 atom stereocenters. The third-order valence-corrected chi connectivity index (χ3v) is 6.51. The van der Waals surface area contributed by atoms with Crippen molar-refractivity contribution in [2.24, 2.45) is 0 Å². The predicted molar refractivity (Wildman–Crippen MR) is 128 cm³/mol. The van der Waals surface area contributed by atoms with Gasteiger partial charge in [0, 0.05) is 16.6 Å². The second-order valence-corrected chi connectivity index (χ2v) is 8.53. The number of fused-ring (bicyclic) bond motifs is 4. The minimum Gasteiger partial charge on any atom is -0.383 e. The first-order valence-electron chi connectivity index (χ1n) is 9.92. The average Bonchev–Trinajstić information content (AvgIpc) is 3.35. The first-order chi connectivity index (χ1) is 15.2. The lowest BCUT2D eigenvalue weighted by atomic mass is 10.1. The van der Waals surface area contributed by atoms with E-state index in [2.05, 4.69) is 50.9 Å². The second-order valence-electron chi connectivity index (χ2n) is 7.42. The van der Waals surface area contributed by atoms with Gasteiger partial charge in [0.2, 0.25) is 5.95 Å². The quantitative estimate of drug-likeness (QED) is 0.415. The molecule has 0 aliphatic rings. The van der Waals surface area contributed by atoms with E-state index in [0.29, 0.717) is 12.4 Å². The van der Waals surface area contributed by atoms with Crippen LogP contribution >= 0.6 is 11.3 Å². The van der Waals surface area contributed by atoms with Gasteiger partial charge in [0.25, 0.3) is 0 Å². The summed E-state index contributed by atoms with van der Waals surface area (Å²) in [7, 11) is 0. The number of aromatic nitrogens is 4. The first-order valence-corrected chi connectivity index (χ1v) is 10.7. The molecular weight excluding hydrogens is 404 g/mol. The highest BCUT2D eigenvalue weighted by atomic mass is 32.1. The molecule has 3 aromatic carbocycles. The van der Waals surface area contributed by atoms with Crippen LogP contribution in [0.2, 0.25) is 0 Å². The predicted octanol–water partition coefficient (Wildman–Crippen LogP) is 5.07. The molecule has 0 fully saturated rings. The van der Waals surface area contributed by atoms with Gasteiger partial charge in [-0.2, -0.15) is 4.98 Å². The summed E-state index contributed by atoms with van der Waals surface area (Å²) in [6.07, 6.45) is 0. The lowest BCUT2D eigenvalue weighted by molar-refractivity contribution is 0.838. The molecule has 0 spiro atoms. The Morgan fingerprint density at radius 3 is 2.45 bits per heavy atom. The molecule has 0 bridgehead atoms. The highest BCUT2D eigenvalue weighted by Crippen LogP contribution is 2.36. The van der Waals surface area contributed by atoms with Crippen LogP contribution in [0, 0.1) is 0 Å². The Hall–Kier alpha value is -3.97. The van der Waals surface area contributed by atoms with Crippen molar-refractivity contribution >= 4 is 55.1 Å². The zero-order valence-electron chi connectivity index (χ0n) is 16.5. The molecule has 3 heterocycles. The Morgan fingerprint density at radius 1 is 0.806 bits per heavy atom. The van der Waals surface area contributed by atoms with Gasteiger partial charge in [-0.05, 0) is 35.9 Å². The lowest BCUT2D eigenvalue weighted by Gasteiger charge is -2.10. The van der Waals surface area contributed by atoms with E-state index in [1.165, 1.54) is 4.70 Å². The molecule has 0 amide bonds. The third kappa shape index (κ3) is 2.90. The van der Waals surface area contributed by atoms with Crippen LogP contribution in [-0.4, -0.2) is 19.5 Å². The van der Waals surface area contributed by atoms with Gasteiger partial charge in [-0.25, -0.2) is 9.97 Å². The summed E-state index contributed by atoms with van der Waals surface area (Å²) in [5.74, 6) is 0.575. The fraction of sp³-hybridized carbons (Fsp3) is 0.0417. The van der Waals surface area contributed by atoms with Crippen molar-refractivity contribution in [2.75, 3.05) is 11.5 Å². The van der Waals surface area contributed by atoms with Gasteiger partial charge in [0.05, 0.1) is 27.7 Å². The van der Waals surface area contributed by atoms with Gasteiger partial charge in [-0.3, -0.25) is 0 Å². The zero-order valence-corrected chi connectivity index (χ0v) is 17.3. The summed E-state index contributed by atoms with van der Waals surface area (Å²) in [5, 5.41) is 2.89. The number of anilines is 2. The van der Waals surface area contributed by atoms with Crippen LogP contribution in [0.4, 0.5) is 11.8 Å². The summed E-state index contributed by atoms with van der Waals surface area (Å²) >= 11 is 1.72. The number of benzene rings is 3. The summed E-state index contributed by atoms with van der Waals surface area (Å²) in [6.45, 7) is 0.661. The SMILES string of the molecule is Nc1nc(N)c2c(ccc3c2cc(-c2ccccc2)n3Cc2nc3ccccc3s2)n1. The Morgan fingerprint density at radius 2 is 1.61 bits per heavy atom. The van der Waals surface area contributed by atoms with Gasteiger partial charge in [0.15, 0.2) is 0 Å². The van der Waals surface area contributed by atoms with Crippen molar-refractivity contribution in [3.8, 4) is 11.3 Å². The van der Waals surface area contributed by atoms with E-state index in [9.17, 15) is 0 Å². The van der Waals surface area contributed by atoms with E-state index in [1.807, 2.05) is 36.4 Å². The minimum atomic E-state index is 0.182. The molecule has 0 aliphatic heterocycles. The highest BCUT2D eigenvalue weighted by molar-refractivity contribution is 7.18. The Bertz CT molecular complexity index is 1550. The molecule has 6 rings (SSSR count). The lowest BCUT2D eigenvalue weighted by Crippen LogP contribution is -2.02. The maximum atomic E-state index is 6.27. The smallest absolute Gasteiger partial charge is 0.222 e. The van der Waals surface area contributed by atoms with Crippen LogP contribution in [0.15, 0.2) is 72.8 Å². The van der Waals surface area contributed by atoms with Crippen molar-refractivity contribution in [1.29, 1.82) is 0 Å². The number of thiazole rings is 1. The maximum Gasteiger partial charge on any atom is 0.222 e. The van der Waals surface area contributed by atoms with E-state index in [4.69, 9.17) is 16.5 Å². The summed E-state index contributed by atoms with van der Waals surface area (Å²) in [5.41, 5.74) is 17.1. The van der Waals surface area contributed by atoms with Crippen molar-refractivity contribution in [2.45, 2.75) is 6.54 Å². The minimum absolute atomic E-state index is 0.182. The molecule has 6 aromatic rings. The van der Waals surface area contributed by atoms with Crippen LogP contribution in [0.1, 0.15) is 5.01 Å². The van der Waals surface area contributed by atoms with Crippen LogP contribution in [0.5, 0.6) is 0 Å². The van der Waals surface area contributed by atoms with Crippen LogP contribution in [0.3, 0.4) is 0 Å². The monoisotopic (exact) mass is 422 g/mol. The van der Waals surface area contributed by atoms with Crippen molar-refractivity contribution in [3.05, 3.63) is 77.8 Å². The van der Waals surface area contributed by atoms with Gasteiger partial charge in [-0.1, -0.05) is 42.5 Å². The van der Waals surface area contributed by atoms with Crippen molar-refractivity contribution in [3.63, 3.8) is 0 Å². The number of nitrogens with zero attached hydrogens (tertiary/aromatic N) is 4. The normalized spacial score (nSPS) is 11.6. The van der Waals surface area contributed by atoms with Gasteiger partial charge < -0.3 is 16.0 Å². The first kappa shape index (κ1) is 17.9. The summed E-state index contributed by atoms with van der Waals surface area (Å²) in [4.78, 5) is 13.4. The molecule has 4 N–H and O–H groups in total. The van der Waals surface area contributed by atoms with Crippen LogP contribution < -0.4 is 11.5 Å². The average molecular weight is 423 g/mol. The van der Waals surface area contributed by atoms with E-state index < -0.39 is 0 Å². The molecule has 150 valence electrons. The third-order valence-electron chi connectivity index (χ3n) is 5.49. The van der Waals surface area contributed by atoms with Crippen molar-refractivity contribution in [1.82, 2.24) is 19.5 Å². The van der Waals surface area contributed by atoms with Gasteiger partial charge in [-0.15, -0.1) is 11.3 Å². The highest BCUT2D eigenvalue weighted by Gasteiger charge is 2.17. The van der Waals surface area contributed by atoms with Crippen LogP contribution in [0.25, 0.3) is 43.3 Å². The zero-order chi connectivity index (χ0) is 20.9. The number of hydrogen-bond acceptors (Lipinski definition) is 6. The van der Waals surface area contributed by atoms with E-state index in [-0.39, 0.29) is 5.95 Å². The van der Waals surface area contributed by atoms with Gasteiger partial charge >= 0.3 is 0 Å². The molecular formula is C24H18N6S. The fourth-order valence-corrected chi connectivity index (χ4v) is 5.11. The molecule has 0 saturated heterocycles. The maximum absolute atomic E-state index is 6.27. The summed E-state index contributed by atoms with van der Waals surface area (Å²) in [6, 6.07) is 24.8. The van der Waals surface area contributed by atoms with Gasteiger partial charge in [0.1, 0.15) is 10.8 Å². The molecule has 0 radical (unpaired) electrons. The van der Waals surface area contributed by atoms with E-state index >= 15 is 0 Å². The molecule has 3 aromatic heterocycles. The van der Waals surface area contributed by atoms with E-state index in [1.54, 1.807) is 11.3 Å². The van der Waals surface area contributed by atoms with Crippen molar-refractivity contribution < 1.29 is 0 Å². The Balaban J connectivity index is 1.63. The van der Waals surface area contributed by atoms with E-state index in [0.717, 1.165) is 43.6 Å². The Kier molecular flexibility index (Phi) is 3.91. The second kappa shape index (κ2) is 6.78.